The first-order valence-electron chi connectivity index (χ1n) is 15.9. The topological polar surface area (TPSA) is 384 Å². The third kappa shape index (κ3) is 8.85. The Bertz CT molecular complexity index is 3070. The summed E-state index contributed by atoms with van der Waals surface area (Å²) in [7, 11) is -11.1. The Labute approximate surface area is 340 Å². The van der Waals surface area contributed by atoms with Gasteiger partial charge < -0.3 is 33.9 Å². The maximum Gasteiger partial charge on any atom is 0.322 e. The van der Waals surface area contributed by atoms with Crippen LogP contribution in [0.5, 0.6) is 23.3 Å². The molecular formula is C31H27N10O15S4-. The highest BCUT2D eigenvalue weighted by Gasteiger charge is 2.25. The summed E-state index contributed by atoms with van der Waals surface area (Å²) in [5.74, 6) is 12.8. The van der Waals surface area contributed by atoms with E-state index < -0.39 is 68.7 Å². The number of nitrogens with one attached hydrogen (secondary N) is 2. The fourth-order valence-electron chi connectivity index (χ4n) is 5.51. The molecule has 0 aliphatic rings. The van der Waals surface area contributed by atoms with Crippen LogP contribution in [-0.2, 0) is 54.6 Å². The molecule has 60 heavy (non-hydrogen) atoms. The van der Waals surface area contributed by atoms with Gasteiger partial charge in [-0.15, -0.1) is 10.2 Å². The van der Waals surface area contributed by atoms with Crippen molar-refractivity contribution in [3.8, 4) is 23.3 Å². The van der Waals surface area contributed by atoms with Crippen molar-refractivity contribution >= 4 is 97.9 Å². The maximum absolute atomic E-state index is 12.9. The lowest BCUT2D eigenvalue weighted by atomic mass is 10.1. The monoisotopic (exact) mass is 907 g/mol. The number of azo groups is 1. The van der Waals surface area contributed by atoms with Crippen molar-refractivity contribution in [3.63, 3.8) is 0 Å². The number of fused-ring (bicyclic) bond motifs is 2. The van der Waals surface area contributed by atoms with Gasteiger partial charge in [-0.05, 0) is 53.9 Å². The SMILES string of the molecule is COc1nc(Nc2ccc(S(=O)(=O)ON)c3ccccc23)nc(Nc2cc(S(=O)(=O)ON)cc3cc(OS(=O)[O-])c(N=Nc4cc(S(=O)(=O)ON)ccc4OC)c(O)c23)n1. The Morgan fingerprint density at radius 1 is 0.700 bits per heavy atom. The van der Waals surface area contributed by atoms with E-state index in [2.05, 4.69) is 48.7 Å². The number of hydrogen-bond acceptors (Lipinski definition) is 25. The molecular weight excluding hydrogens is 881 g/mol. The molecule has 0 amide bonds. The lowest BCUT2D eigenvalue weighted by Crippen LogP contribution is -2.12. The molecule has 0 aliphatic carbocycles. The van der Waals surface area contributed by atoms with Crippen LogP contribution >= 0.6 is 0 Å². The number of aromatic hydroxyl groups is 1. The van der Waals surface area contributed by atoms with Gasteiger partial charge in [0.15, 0.2) is 17.2 Å². The molecule has 1 heterocycles. The summed E-state index contributed by atoms with van der Waals surface area (Å²) in [5, 5.41) is 25.4. The van der Waals surface area contributed by atoms with Gasteiger partial charge in [-0.3, -0.25) is 0 Å². The lowest BCUT2D eigenvalue weighted by molar-refractivity contribution is 0.332. The Morgan fingerprint density at radius 3 is 1.95 bits per heavy atom. The molecule has 9 N–H and O–H groups in total. The van der Waals surface area contributed by atoms with E-state index in [9.17, 15) is 39.1 Å². The van der Waals surface area contributed by atoms with Crippen molar-refractivity contribution in [1.29, 1.82) is 0 Å². The quantitative estimate of drug-likeness (QED) is 0.0462. The second-order valence-electron chi connectivity index (χ2n) is 11.5. The largest absolute Gasteiger partial charge is 0.740 e. The first-order chi connectivity index (χ1) is 28.4. The summed E-state index contributed by atoms with van der Waals surface area (Å²) < 4.78 is 127. The molecule has 0 aliphatic heterocycles. The van der Waals surface area contributed by atoms with Crippen LogP contribution in [0.3, 0.4) is 0 Å². The van der Waals surface area contributed by atoms with E-state index >= 15 is 0 Å². The predicted octanol–water partition coefficient (Wildman–Crippen LogP) is 2.71. The van der Waals surface area contributed by atoms with Crippen LogP contribution in [-0.4, -0.2) is 68.3 Å². The van der Waals surface area contributed by atoms with Crippen LogP contribution < -0.4 is 42.0 Å². The second-order valence-corrected chi connectivity index (χ2v) is 16.7. The van der Waals surface area contributed by atoms with E-state index in [4.69, 9.17) is 31.3 Å². The standard InChI is InChI=1S/C31H28N10O15S4/c1-51-23-9-7-16(58(45,46)54-32)13-21(23)40-41-27-24(53-57(43)44)12-15-11-17(59(47,48)55-33)14-22(26(15)28(27)42)36-30-37-29(38-31(39-30)52-2)35-20-8-10-25(60(49,50)56-34)19-6-4-3-5-18(19)20/h3-14,42H,32-34H2,1-2H3,(H,43,44)(H2,35,36,37,38,39)/p-1. The zero-order chi connectivity index (χ0) is 43.6. The van der Waals surface area contributed by atoms with Crippen LogP contribution in [0, 0.1) is 0 Å². The number of phenolic OH excluding ortho intramolecular Hbond substituents is 1. The van der Waals surface area contributed by atoms with Gasteiger partial charge in [0.05, 0.1) is 29.7 Å². The predicted molar refractivity (Wildman–Crippen MR) is 207 cm³/mol. The summed E-state index contributed by atoms with van der Waals surface area (Å²) in [6, 6.07) is 14.7. The number of aromatic nitrogens is 3. The zero-order valence-electron chi connectivity index (χ0n) is 30.2. The van der Waals surface area contributed by atoms with Crippen LogP contribution in [0.1, 0.15) is 0 Å². The van der Waals surface area contributed by atoms with Crippen molar-refractivity contribution < 1.29 is 65.6 Å². The first kappa shape index (κ1) is 43.3. The van der Waals surface area contributed by atoms with Crippen LogP contribution in [0.2, 0.25) is 0 Å². The molecule has 0 saturated carbocycles. The van der Waals surface area contributed by atoms with Gasteiger partial charge in [0.1, 0.15) is 27.7 Å². The van der Waals surface area contributed by atoms with Crippen molar-refractivity contribution in [1.82, 2.24) is 15.0 Å². The van der Waals surface area contributed by atoms with E-state index in [-0.39, 0.29) is 61.8 Å². The molecule has 1 unspecified atom stereocenters. The van der Waals surface area contributed by atoms with Gasteiger partial charge in [-0.2, -0.15) is 70.7 Å². The molecule has 0 saturated heterocycles. The fraction of sp³-hybridized carbons (Fsp3) is 0.0645. The van der Waals surface area contributed by atoms with Crippen molar-refractivity contribution in [2.75, 3.05) is 24.9 Å². The molecule has 25 nitrogen and oxygen atoms in total. The first-order valence-corrected chi connectivity index (χ1v) is 21.1. The van der Waals surface area contributed by atoms with Gasteiger partial charge in [0, 0.05) is 21.8 Å². The average molecular weight is 908 g/mol. The molecule has 0 bridgehead atoms. The van der Waals surface area contributed by atoms with Gasteiger partial charge >= 0.3 is 36.4 Å². The lowest BCUT2D eigenvalue weighted by Gasteiger charge is -2.17. The molecule has 6 rings (SSSR count). The van der Waals surface area contributed by atoms with Gasteiger partial charge in [-0.1, -0.05) is 24.3 Å². The van der Waals surface area contributed by atoms with Crippen molar-refractivity contribution in [2.24, 2.45) is 27.9 Å². The summed E-state index contributed by atoms with van der Waals surface area (Å²) >= 11 is -3.31. The van der Waals surface area contributed by atoms with E-state index in [1.165, 1.54) is 38.5 Å². The minimum Gasteiger partial charge on any atom is -0.740 e. The summed E-state index contributed by atoms with van der Waals surface area (Å²) in [4.78, 5) is 11.3. The number of phenols is 1. The minimum atomic E-state index is -4.71. The van der Waals surface area contributed by atoms with Gasteiger partial charge in [0.2, 0.25) is 11.9 Å². The number of rotatable bonds is 16. The van der Waals surface area contributed by atoms with Crippen molar-refractivity contribution in [3.05, 3.63) is 72.8 Å². The molecule has 1 aromatic heterocycles. The van der Waals surface area contributed by atoms with E-state index in [1.807, 2.05) is 0 Å². The second kappa shape index (κ2) is 17.2. The molecule has 5 aromatic carbocycles. The number of anilines is 4. The summed E-state index contributed by atoms with van der Waals surface area (Å²) in [6.45, 7) is 0. The number of ether oxygens (including phenoxy) is 2. The number of methoxy groups -OCH3 is 2. The Balaban J connectivity index is 1.53. The Kier molecular flexibility index (Phi) is 12.4. The molecule has 316 valence electrons. The number of benzene rings is 5. The van der Waals surface area contributed by atoms with E-state index in [0.717, 1.165) is 30.3 Å². The molecule has 0 radical (unpaired) electrons. The van der Waals surface area contributed by atoms with Crippen LogP contribution in [0.4, 0.5) is 34.6 Å². The summed E-state index contributed by atoms with van der Waals surface area (Å²) in [6.07, 6.45) is 0. The molecule has 1 atom stereocenters. The van der Waals surface area contributed by atoms with Crippen molar-refractivity contribution in [2.45, 2.75) is 14.7 Å². The zero-order valence-corrected chi connectivity index (χ0v) is 33.5. The van der Waals surface area contributed by atoms with Gasteiger partial charge in [-0.25, -0.2) is 4.21 Å². The average Bonchev–Trinajstić information content (AvgIpc) is 3.22. The number of nitrogens with zero attached hydrogens (tertiary/aromatic N) is 5. The van der Waals surface area contributed by atoms with E-state index in [0.29, 0.717) is 5.39 Å². The smallest absolute Gasteiger partial charge is 0.322 e. The van der Waals surface area contributed by atoms with E-state index in [1.54, 1.807) is 18.2 Å². The van der Waals surface area contributed by atoms with Gasteiger partial charge in [0.25, 0.3) is 0 Å². The normalized spacial score (nSPS) is 12.8. The van der Waals surface area contributed by atoms with Crippen LogP contribution in [0.15, 0.2) is 97.7 Å². The minimum absolute atomic E-state index is 0.0457. The molecule has 6 aromatic rings. The fourth-order valence-corrected chi connectivity index (χ4v) is 7.81. The third-order valence-electron chi connectivity index (χ3n) is 8.09. The molecule has 0 spiro atoms. The summed E-state index contributed by atoms with van der Waals surface area (Å²) in [5.41, 5.74) is -0.985. The third-order valence-corrected chi connectivity index (χ3v) is 11.7. The highest BCUT2D eigenvalue weighted by Crippen LogP contribution is 2.48. The Morgan fingerprint density at radius 2 is 1.33 bits per heavy atom. The maximum atomic E-state index is 12.9. The highest BCUT2D eigenvalue weighted by atomic mass is 32.2. The van der Waals surface area contributed by atoms with Crippen LogP contribution in [0.25, 0.3) is 21.5 Å². The molecule has 0 fully saturated rings. The number of nitrogens with two attached hydrogens (primary N) is 3. The number of hydrogen-bond donors (Lipinski definition) is 6. The highest BCUT2D eigenvalue weighted by molar-refractivity contribution is 7.87. The molecule has 29 heteroatoms. The Hall–Kier alpha value is -6.25.